The Morgan fingerprint density at radius 2 is 1.56 bits per heavy atom. The molecule has 0 unspecified atom stereocenters. The molecule has 2 aromatic rings. The molecule has 0 spiro atoms. The van der Waals surface area contributed by atoms with Crippen molar-refractivity contribution in [3.8, 4) is 11.1 Å². The van der Waals surface area contributed by atoms with Gasteiger partial charge in [0.25, 0.3) is 0 Å². The first-order valence-electron chi connectivity index (χ1n) is 15.5. The zero-order valence-corrected chi connectivity index (χ0v) is 25.4. The highest BCUT2D eigenvalue weighted by Crippen LogP contribution is 2.20. The lowest BCUT2D eigenvalue weighted by molar-refractivity contribution is -0.132. The van der Waals surface area contributed by atoms with Crippen molar-refractivity contribution in [2.24, 2.45) is 0 Å². The molecule has 1 N–H and O–H groups in total. The van der Waals surface area contributed by atoms with E-state index < -0.39 is 11.7 Å². The number of ether oxygens (including phenoxy) is 2. The Bertz CT molecular complexity index is 1060. The van der Waals surface area contributed by atoms with Gasteiger partial charge in [-0.05, 0) is 69.6 Å². The minimum atomic E-state index is -0.577. The lowest BCUT2D eigenvalue weighted by Crippen LogP contribution is -2.45. The minimum Gasteiger partial charge on any atom is -0.444 e. The number of nitrogens with one attached hydrogen (secondary N) is 1. The molecule has 0 radical (unpaired) electrons. The van der Waals surface area contributed by atoms with Crippen molar-refractivity contribution >= 4 is 18.1 Å². The van der Waals surface area contributed by atoms with Crippen molar-refractivity contribution in [2.75, 3.05) is 26.3 Å². The number of likely N-dealkylation sites (tertiary alicyclic amines) is 1. The summed E-state index contributed by atoms with van der Waals surface area (Å²) >= 11 is 0. The molecule has 6 heteroatoms. The average Bonchev–Trinajstić information content (AvgIpc) is 3.43. The number of carbonyl (C=O) groups is 2. The number of allylic oxidation sites excluding steroid dienone is 1. The van der Waals surface area contributed by atoms with E-state index >= 15 is 0 Å². The predicted molar refractivity (Wildman–Crippen MR) is 168 cm³/mol. The van der Waals surface area contributed by atoms with E-state index in [4.69, 9.17) is 9.47 Å². The van der Waals surface area contributed by atoms with Crippen molar-refractivity contribution in [2.45, 2.75) is 96.6 Å². The molecule has 2 amide bonds. The number of hydrogen-bond donors (Lipinski definition) is 1. The van der Waals surface area contributed by atoms with Gasteiger partial charge in [0.05, 0.1) is 12.6 Å². The summed E-state index contributed by atoms with van der Waals surface area (Å²) in [6.07, 6.45) is 15.6. The number of unbranched alkanes of at least 4 members (excludes halogenated alkanes) is 7. The van der Waals surface area contributed by atoms with Gasteiger partial charge >= 0.3 is 6.09 Å². The summed E-state index contributed by atoms with van der Waals surface area (Å²) in [4.78, 5) is 26.2. The van der Waals surface area contributed by atoms with E-state index in [0.717, 1.165) is 38.8 Å². The van der Waals surface area contributed by atoms with Gasteiger partial charge in [-0.15, -0.1) is 0 Å². The second-order valence-electron chi connectivity index (χ2n) is 12.0. The van der Waals surface area contributed by atoms with Gasteiger partial charge in [-0.1, -0.05) is 98.9 Å². The molecule has 0 aromatic heterocycles. The van der Waals surface area contributed by atoms with Crippen molar-refractivity contribution in [3.63, 3.8) is 0 Å². The van der Waals surface area contributed by atoms with Gasteiger partial charge in [0.1, 0.15) is 12.1 Å². The molecular formula is C35H50N2O4. The second-order valence-corrected chi connectivity index (χ2v) is 12.0. The van der Waals surface area contributed by atoms with E-state index in [2.05, 4.69) is 66.0 Å². The van der Waals surface area contributed by atoms with Crippen LogP contribution in [0.1, 0.15) is 90.5 Å². The Balaban J connectivity index is 1.15. The molecule has 2 aromatic carbocycles. The Hall–Kier alpha value is -3.12. The Labute approximate surface area is 247 Å². The Morgan fingerprint density at radius 3 is 2.27 bits per heavy atom. The molecule has 3 rings (SSSR count). The lowest BCUT2D eigenvalue weighted by atomic mass is 10.0. The topological polar surface area (TPSA) is 67.9 Å². The van der Waals surface area contributed by atoms with E-state index in [0.29, 0.717) is 6.61 Å². The number of nitrogens with zero attached hydrogens (tertiary/aromatic N) is 1. The summed E-state index contributed by atoms with van der Waals surface area (Å²) in [6.45, 7) is 7.41. The number of alkyl carbamates (subject to hydrolysis) is 1. The highest BCUT2D eigenvalue weighted by molar-refractivity contribution is 5.82. The van der Waals surface area contributed by atoms with Crippen LogP contribution in [0.4, 0.5) is 4.79 Å². The summed E-state index contributed by atoms with van der Waals surface area (Å²) < 4.78 is 11.1. The molecule has 1 atom stereocenters. The fourth-order valence-electron chi connectivity index (χ4n) is 5.11. The lowest BCUT2D eigenvalue weighted by Gasteiger charge is -2.25. The molecular weight excluding hydrogens is 512 g/mol. The number of rotatable bonds is 16. The first-order valence-corrected chi connectivity index (χ1v) is 15.5. The molecule has 1 aliphatic heterocycles. The van der Waals surface area contributed by atoms with Crippen LogP contribution in [0.2, 0.25) is 0 Å². The van der Waals surface area contributed by atoms with Crippen LogP contribution in [-0.4, -0.2) is 54.8 Å². The molecule has 0 saturated carbocycles. The third kappa shape index (κ3) is 12.9. The first-order chi connectivity index (χ1) is 19.8. The summed E-state index contributed by atoms with van der Waals surface area (Å²) in [5.41, 5.74) is 3.20. The standard InChI is InChI=1S/C35H50N2O4/c1-35(2,3)41-34(39)36-27-33(38)37-25-16-20-32(37)28-40-26-15-10-8-6-4-5-7-9-12-17-29-21-23-31(24-22-29)30-18-13-11-14-19-30/h11-14,17-19,21-24,32H,4-10,15-16,20,25-28H2,1-3H3,(H,36,39)/b17-12+/t32-/m0/s1. The van der Waals surface area contributed by atoms with Crippen LogP contribution in [0.15, 0.2) is 60.7 Å². The van der Waals surface area contributed by atoms with Crippen LogP contribution in [0.25, 0.3) is 17.2 Å². The van der Waals surface area contributed by atoms with Crippen LogP contribution in [-0.2, 0) is 14.3 Å². The van der Waals surface area contributed by atoms with Crippen molar-refractivity contribution in [1.82, 2.24) is 10.2 Å². The summed E-state index contributed by atoms with van der Waals surface area (Å²) in [6, 6.07) is 19.4. The van der Waals surface area contributed by atoms with Crippen LogP contribution in [0, 0.1) is 0 Å². The van der Waals surface area contributed by atoms with E-state index in [1.54, 1.807) is 20.8 Å². The minimum absolute atomic E-state index is 0.0370. The zero-order valence-electron chi connectivity index (χ0n) is 25.4. The Kier molecular flexibility index (Phi) is 13.9. The number of benzene rings is 2. The smallest absolute Gasteiger partial charge is 0.408 e. The molecule has 224 valence electrons. The summed E-state index contributed by atoms with van der Waals surface area (Å²) in [5.74, 6) is -0.0741. The zero-order chi connectivity index (χ0) is 29.3. The van der Waals surface area contributed by atoms with Gasteiger partial charge in [-0.3, -0.25) is 4.79 Å². The van der Waals surface area contributed by atoms with E-state index in [-0.39, 0.29) is 18.5 Å². The first kappa shape index (κ1) is 32.4. The molecule has 1 fully saturated rings. The number of hydrogen-bond acceptors (Lipinski definition) is 4. The highest BCUT2D eigenvalue weighted by atomic mass is 16.6. The van der Waals surface area contributed by atoms with Gasteiger partial charge in [0, 0.05) is 13.2 Å². The SMILES string of the molecule is CC(C)(C)OC(=O)NCC(=O)N1CCC[C@H]1COCCCCCCCCC/C=C/c1ccc(-c2ccccc2)cc1. The van der Waals surface area contributed by atoms with Crippen LogP contribution < -0.4 is 5.32 Å². The number of amides is 2. The third-order valence-electron chi connectivity index (χ3n) is 7.28. The molecule has 1 saturated heterocycles. The third-order valence-corrected chi connectivity index (χ3v) is 7.28. The molecule has 1 heterocycles. The van der Waals surface area contributed by atoms with E-state index in [1.807, 2.05) is 11.0 Å². The Morgan fingerprint density at radius 1 is 0.902 bits per heavy atom. The maximum absolute atomic E-state index is 12.6. The van der Waals surface area contributed by atoms with Gasteiger partial charge in [-0.2, -0.15) is 0 Å². The van der Waals surface area contributed by atoms with Crippen LogP contribution >= 0.6 is 0 Å². The summed E-state index contributed by atoms with van der Waals surface area (Å²) in [7, 11) is 0. The largest absolute Gasteiger partial charge is 0.444 e. The molecule has 6 nitrogen and oxygen atoms in total. The monoisotopic (exact) mass is 562 g/mol. The maximum Gasteiger partial charge on any atom is 0.408 e. The van der Waals surface area contributed by atoms with Crippen molar-refractivity contribution in [3.05, 3.63) is 66.2 Å². The van der Waals surface area contributed by atoms with Gasteiger partial charge in [0.2, 0.25) is 5.91 Å². The molecule has 41 heavy (non-hydrogen) atoms. The molecule has 0 bridgehead atoms. The summed E-state index contributed by atoms with van der Waals surface area (Å²) in [5, 5.41) is 2.57. The van der Waals surface area contributed by atoms with Gasteiger partial charge in [-0.25, -0.2) is 4.79 Å². The number of carbonyl (C=O) groups excluding carboxylic acids is 2. The highest BCUT2D eigenvalue weighted by Gasteiger charge is 2.29. The predicted octanol–water partition coefficient (Wildman–Crippen LogP) is 8.02. The molecule has 0 aliphatic carbocycles. The fourth-order valence-corrected chi connectivity index (χ4v) is 5.11. The normalized spacial score (nSPS) is 15.4. The van der Waals surface area contributed by atoms with Crippen molar-refractivity contribution in [1.29, 1.82) is 0 Å². The van der Waals surface area contributed by atoms with Gasteiger partial charge < -0.3 is 19.7 Å². The quantitative estimate of drug-likeness (QED) is 0.210. The second kappa shape index (κ2) is 17.6. The average molecular weight is 563 g/mol. The van der Waals surface area contributed by atoms with E-state index in [1.165, 1.54) is 55.2 Å². The van der Waals surface area contributed by atoms with Crippen LogP contribution in [0.3, 0.4) is 0 Å². The fraction of sp³-hybridized carbons (Fsp3) is 0.543. The maximum atomic E-state index is 12.6. The van der Waals surface area contributed by atoms with Gasteiger partial charge in [0.15, 0.2) is 0 Å². The van der Waals surface area contributed by atoms with Crippen molar-refractivity contribution < 1.29 is 19.1 Å². The molecule has 1 aliphatic rings. The van der Waals surface area contributed by atoms with E-state index in [9.17, 15) is 9.59 Å². The van der Waals surface area contributed by atoms with Crippen LogP contribution in [0.5, 0.6) is 0 Å².